The van der Waals surface area contributed by atoms with Crippen molar-refractivity contribution >= 4 is 17.3 Å². The van der Waals surface area contributed by atoms with Crippen molar-refractivity contribution in [3.63, 3.8) is 0 Å². The molecule has 3 nitrogen and oxygen atoms in total. The van der Waals surface area contributed by atoms with Crippen molar-refractivity contribution in [2.75, 3.05) is 12.4 Å². The number of hydrogen-bond acceptors (Lipinski definition) is 3. The minimum absolute atomic E-state index is 0.171. The van der Waals surface area contributed by atoms with E-state index in [-0.39, 0.29) is 5.75 Å². The van der Waals surface area contributed by atoms with E-state index in [1.807, 2.05) is 37.3 Å². The van der Waals surface area contributed by atoms with Gasteiger partial charge in [-0.3, -0.25) is 0 Å². The first kappa shape index (κ1) is 16.2. The molecule has 2 aromatic carbocycles. The molecule has 0 radical (unpaired) electrons. The first-order valence-electron chi connectivity index (χ1n) is 7.05. The SMILES string of the molecule is C=CCc1cc(CNc2cccc(Cl)c2C)cc(OC)c1O. The maximum atomic E-state index is 10.1. The van der Waals surface area contributed by atoms with Gasteiger partial charge in [0.05, 0.1) is 7.11 Å². The zero-order valence-electron chi connectivity index (χ0n) is 12.8. The number of halogens is 1. The Balaban J connectivity index is 2.24. The van der Waals surface area contributed by atoms with E-state index in [0.717, 1.165) is 27.4 Å². The summed E-state index contributed by atoms with van der Waals surface area (Å²) in [5.41, 5.74) is 3.82. The molecule has 116 valence electrons. The molecule has 0 spiro atoms. The number of nitrogens with one attached hydrogen (secondary N) is 1. The van der Waals surface area contributed by atoms with E-state index in [1.54, 1.807) is 13.2 Å². The third-order valence-electron chi connectivity index (χ3n) is 3.55. The highest BCUT2D eigenvalue weighted by Crippen LogP contribution is 2.32. The lowest BCUT2D eigenvalue weighted by Gasteiger charge is -2.14. The van der Waals surface area contributed by atoms with E-state index in [0.29, 0.717) is 18.7 Å². The number of phenolic OH excluding ortho intramolecular Hbond substituents is 1. The zero-order chi connectivity index (χ0) is 16.1. The number of hydrogen-bond donors (Lipinski definition) is 2. The van der Waals surface area contributed by atoms with E-state index < -0.39 is 0 Å². The zero-order valence-corrected chi connectivity index (χ0v) is 13.6. The molecule has 0 saturated heterocycles. The highest BCUT2D eigenvalue weighted by Gasteiger charge is 2.10. The average Bonchev–Trinajstić information content (AvgIpc) is 2.51. The molecule has 0 fully saturated rings. The van der Waals surface area contributed by atoms with Gasteiger partial charge in [-0.05, 0) is 48.7 Å². The van der Waals surface area contributed by atoms with Crippen molar-refractivity contribution in [1.82, 2.24) is 0 Å². The number of methoxy groups -OCH3 is 1. The molecule has 0 heterocycles. The lowest BCUT2D eigenvalue weighted by molar-refractivity contribution is 0.370. The van der Waals surface area contributed by atoms with Crippen LogP contribution in [-0.2, 0) is 13.0 Å². The molecule has 2 N–H and O–H groups in total. The minimum atomic E-state index is 0.171. The Labute approximate surface area is 136 Å². The second kappa shape index (κ2) is 7.23. The topological polar surface area (TPSA) is 41.5 Å². The molecular formula is C18H20ClNO2. The first-order valence-corrected chi connectivity index (χ1v) is 7.43. The second-order valence-electron chi connectivity index (χ2n) is 5.06. The Hall–Kier alpha value is -2.13. The number of allylic oxidation sites excluding steroid dienone is 1. The Morgan fingerprint density at radius 3 is 2.82 bits per heavy atom. The lowest BCUT2D eigenvalue weighted by atomic mass is 10.1. The molecule has 0 saturated carbocycles. The van der Waals surface area contributed by atoms with Crippen LogP contribution in [0.5, 0.6) is 11.5 Å². The van der Waals surface area contributed by atoms with Crippen LogP contribution < -0.4 is 10.1 Å². The van der Waals surface area contributed by atoms with Crippen LogP contribution in [0.15, 0.2) is 43.0 Å². The van der Waals surface area contributed by atoms with Gasteiger partial charge in [-0.1, -0.05) is 23.7 Å². The molecule has 4 heteroatoms. The molecule has 0 atom stereocenters. The van der Waals surface area contributed by atoms with Crippen LogP contribution in [-0.4, -0.2) is 12.2 Å². The number of ether oxygens (including phenoxy) is 1. The number of aromatic hydroxyl groups is 1. The molecule has 0 aliphatic carbocycles. The molecule has 2 aromatic rings. The van der Waals surface area contributed by atoms with Crippen molar-refractivity contribution in [1.29, 1.82) is 0 Å². The summed E-state index contributed by atoms with van der Waals surface area (Å²) >= 11 is 6.13. The van der Waals surface area contributed by atoms with Crippen LogP contribution in [0.2, 0.25) is 5.02 Å². The predicted octanol–water partition coefficient (Wildman–Crippen LogP) is 4.70. The smallest absolute Gasteiger partial charge is 0.161 e. The number of phenols is 1. The Morgan fingerprint density at radius 2 is 2.14 bits per heavy atom. The molecule has 0 aromatic heterocycles. The first-order chi connectivity index (χ1) is 10.6. The molecule has 0 aliphatic heterocycles. The standard InChI is InChI=1S/C18H20ClNO2/c1-4-6-14-9-13(10-17(22-3)18(14)21)11-20-16-8-5-7-15(19)12(16)2/h4-5,7-10,20-21H,1,6,11H2,2-3H3. The molecule has 0 unspecified atom stereocenters. The summed E-state index contributed by atoms with van der Waals surface area (Å²) in [6, 6.07) is 9.55. The quantitative estimate of drug-likeness (QED) is 0.759. The van der Waals surface area contributed by atoms with Gasteiger partial charge in [-0.15, -0.1) is 6.58 Å². The summed E-state index contributed by atoms with van der Waals surface area (Å²) in [4.78, 5) is 0. The molecule has 2 rings (SSSR count). The van der Waals surface area contributed by atoms with Crippen molar-refractivity contribution in [3.8, 4) is 11.5 Å². The lowest BCUT2D eigenvalue weighted by Crippen LogP contribution is -2.03. The van der Waals surface area contributed by atoms with E-state index in [1.165, 1.54) is 0 Å². The fourth-order valence-corrected chi connectivity index (χ4v) is 2.47. The monoisotopic (exact) mass is 317 g/mol. The van der Waals surface area contributed by atoms with Crippen molar-refractivity contribution < 1.29 is 9.84 Å². The summed E-state index contributed by atoms with van der Waals surface area (Å²) < 4.78 is 5.23. The van der Waals surface area contributed by atoms with Crippen LogP contribution in [0, 0.1) is 6.92 Å². The summed E-state index contributed by atoms with van der Waals surface area (Å²) in [5.74, 6) is 0.643. The van der Waals surface area contributed by atoms with Gasteiger partial charge in [-0.2, -0.15) is 0 Å². The van der Waals surface area contributed by atoms with Gasteiger partial charge in [0.15, 0.2) is 11.5 Å². The molecule has 0 amide bonds. The molecular weight excluding hydrogens is 298 g/mol. The van der Waals surface area contributed by atoms with Crippen LogP contribution in [0.25, 0.3) is 0 Å². The highest BCUT2D eigenvalue weighted by atomic mass is 35.5. The van der Waals surface area contributed by atoms with Gasteiger partial charge < -0.3 is 15.2 Å². The van der Waals surface area contributed by atoms with Gasteiger partial charge in [-0.25, -0.2) is 0 Å². The van der Waals surface area contributed by atoms with Crippen molar-refractivity contribution in [3.05, 3.63) is 64.7 Å². The van der Waals surface area contributed by atoms with E-state index in [2.05, 4.69) is 11.9 Å². The number of anilines is 1. The normalized spacial score (nSPS) is 10.3. The van der Waals surface area contributed by atoms with Gasteiger partial charge in [0.2, 0.25) is 0 Å². The Bertz CT molecular complexity index is 683. The third kappa shape index (κ3) is 3.55. The van der Waals surface area contributed by atoms with Gasteiger partial charge in [0.1, 0.15) is 0 Å². The van der Waals surface area contributed by atoms with Gasteiger partial charge in [0.25, 0.3) is 0 Å². The van der Waals surface area contributed by atoms with E-state index in [9.17, 15) is 5.11 Å². The van der Waals surface area contributed by atoms with Crippen molar-refractivity contribution in [2.24, 2.45) is 0 Å². The fourth-order valence-electron chi connectivity index (χ4n) is 2.29. The van der Waals surface area contributed by atoms with E-state index >= 15 is 0 Å². The highest BCUT2D eigenvalue weighted by molar-refractivity contribution is 6.31. The second-order valence-corrected chi connectivity index (χ2v) is 5.47. The average molecular weight is 318 g/mol. The van der Waals surface area contributed by atoms with Crippen LogP contribution in [0.3, 0.4) is 0 Å². The summed E-state index contributed by atoms with van der Waals surface area (Å²) in [6.07, 6.45) is 2.35. The number of benzene rings is 2. The third-order valence-corrected chi connectivity index (χ3v) is 3.96. The maximum absolute atomic E-state index is 10.1. The van der Waals surface area contributed by atoms with E-state index in [4.69, 9.17) is 16.3 Å². The predicted molar refractivity (Wildman–Crippen MR) is 92.1 cm³/mol. The van der Waals surface area contributed by atoms with Crippen LogP contribution in [0.4, 0.5) is 5.69 Å². The van der Waals surface area contributed by atoms with Crippen LogP contribution in [0.1, 0.15) is 16.7 Å². The fraction of sp³-hybridized carbons (Fsp3) is 0.222. The number of rotatable bonds is 6. The summed E-state index contributed by atoms with van der Waals surface area (Å²) in [7, 11) is 1.55. The summed E-state index contributed by atoms with van der Waals surface area (Å²) in [5, 5.41) is 14.2. The maximum Gasteiger partial charge on any atom is 0.161 e. The summed E-state index contributed by atoms with van der Waals surface area (Å²) in [6.45, 7) is 6.31. The van der Waals surface area contributed by atoms with Crippen LogP contribution >= 0.6 is 11.6 Å². The molecule has 22 heavy (non-hydrogen) atoms. The molecule has 0 bridgehead atoms. The van der Waals surface area contributed by atoms with Crippen molar-refractivity contribution in [2.45, 2.75) is 19.9 Å². The minimum Gasteiger partial charge on any atom is -0.504 e. The Kier molecular flexibility index (Phi) is 5.34. The largest absolute Gasteiger partial charge is 0.504 e. The van der Waals surface area contributed by atoms with Gasteiger partial charge in [0, 0.05) is 22.8 Å². The van der Waals surface area contributed by atoms with Gasteiger partial charge >= 0.3 is 0 Å². The molecule has 0 aliphatic rings. The Morgan fingerprint density at radius 1 is 1.36 bits per heavy atom.